The van der Waals surface area contributed by atoms with Gasteiger partial charge in [0.15, 0.2) is 5.78 Å². The van der Waals surface area contributed by atoms with Gasteiger partial charge >= 0.3 is 12.4 Å². The zero-order chi connectivity index (χ0) is 17.1. The Morgan fingerprint density at radius 2 is 1.82 bits per heavy atom. The second-order valence-electron chi connectivity index (χ2n) is 5.15. The van der Waals surface area contributed by atoms with Crippen LogP contribution in [0.4, 0.5) is 26.3 Å². The second-order valence-corrected chi connectivity index (χ2v) is 5.15. The molecule has 1 amide bonds. The summed E-state index contributed by atoms with van der Waals surface area (Å²) in [7, 11) is 0. The number of hydrogen-bond donors (Lipinski definition) is 1. The summed E-state index contributed by atoms with van der Waals surface area (Å²) in [5.41, 5.74) is 0. The highest BCUT2D eigenvalue weighted by Gasteiger charge is 2.58. The molecule has 0 bridgehead atoms. The van der Waals surface area contributed by atoms with Crippen molar-refractivity contribution in [2.75, 3.05) is 13.2 Å². The lowest BCUT2D eigenvalue weighted by atomic mass is 9.92. The van der Waals surface area contributed by atoms with Crippen molar-refractivity contribution in [3.63, 3.8) is 0 Å². The second kappa shape index (κ2) is 6.84. The van der Waals surface area contributed by atoms with Gasteiger partial charge < -0.3 is 10.1 Å². The molecule has 2 atom stereocenters. The minimum Gasteiger partial charge on any atom is -0.356 e. The van der Waals surface area contributed by atoms with Gasteiger partial charge in [-0.3, -0.25) is 9.59 Å². The molecular weight excluding hydrogens is 320 g/mol. The normalized spacial score (nSPS) is 21.1. The van der Waals surface area contributed by atoms with Crippen LogP contribution in [-0.2, 0) is 14.3 Å². The molecule has 1 rings (SSSR count). The monoisotopic (exact) mass is 335 g/mol. The maximum Gasteiger partial charge on any atom is 0.423 e. The minimum absolute atomic E-state index is 0.0662. The van der Waals surface area contributed by atoms with Gasteiger partial charge in [-0.25, -0.2) is 0 Å². The smallest absolute Gasteiger partial charge is 0.356 e. The summed E-state index contributed by atoms with van der Waals surface area (Å²) in [5, 5.41) is 2.52. The molecule has 10 heteroatoms. The first-order valence-electron chi connectivity index (χ1n) is 6.48. The molecule has 0 aromatic carbocycles. The van der Waals surface area contributed by atoms with E-state index in [1.807, 2.05) is 0 Å². The lowest BCUT2D eigenvalue weighted by Crippen LogP contribution is -2.45. The van der Waals surface area contributed by atoms with E-state index in [1.54, 1.807) is 0 Å². The van der Waals surface area contributed by atoms with E-state index >= 15 is 0 Å². The van der Waals surface area contributed by atoms with E-state index in [0.29, 0.717) is 13.0 Å². The van der Waals surface area contributed by atoms with Crippen LogP contribution in [0, 0.1) is 11.8 Å². The summed E-state index contributed by atoms with van der Waals surface area (Å²) in [6.45, 7) is 0.470. The molecule has 128 valence electrons. The number of Topliss-reactive ketones (excluding diaryl/α,β-unsaturated/α-hetero) is 1. The molecule has 1 N–H and O–H groups in total. The van der Waals surface area contributed by atoms with Crippen molar-refractivity contribution < 1.29 is 40.7 Å². The van der Waals surface area contributed by atoms with Gasteiger partial charge in [0, 0.05) is 18.4 Å². The van der Waals surface area contributed by atoms with E-state index < -0.39 is 42.7 Å². The Labute approximate surface area is 122 Å². The fourth-order valence-electron chi connectivity index (χ4n) is 2.11. The number of ketones is 1. The van der Waals surface area contributed by atoms with Crippen LogP contribution in [0.15, 0.2) is 0 Å². The predicted octanol–water partition coefficient (Wildman–Crippen LogP) is 2.23. The fourth-order valence-corrected chi connectivity index (χ4v) is 2.11. The standard InChI is InChI=1S/C12H15F6NO3/c1-6(4-7-2-3-19-9(7)21)8(20)5-22-10(11(13,14)15)12(16,17)18/h6-7,10H,2-5H2,1H3,(H,19,21)/t6-,7-/m0/s1. The zero-order valence-corrected chi connectivity index (χ0v) is 11.6. The number of ether oxygens (including phenoxy) is 1. The topological polar surface area (TPSA) is 55.4 Å². The third-order valence-electron chi connectivity index (χ3n) is 3.34. The largest absolute Gasteiger partial charge is 0.423 e. The van der Waals surface area contributed by atoms with Crippen LogP contribution in [0.25, 0.3) is 0 Å². The molecular formula is C12H15F6NO3. The molecule has 1 heterocycles. The van der Waals surface area contributed by atoms with Crippen LogP contribution >= 0.6 is 0 Å². The molecule has 0 saturated carbocycles. The molecule has 0 aliphatic carbocycles. The van der Waals surface area contributed by atoms with Crippen molar-refractivity contribution in [1.29, 1.82) is 0 Å². The van der Waals surface area contributed by atoms with E-state index in [1.165, 1.54) is 6.92 Å². The number of alkyl halides is 6. The molecule has 0 radical (unpaired) electrons. The van der Waals surface area contributed by atoms with Crippen molar-refractivity contribution in [2.45, 2.75) is 38.2 Å². The average Bonchev–Trinajstić information content (AvgIpc) is 2.71. The van der Waals surface area contributed by atoms with Crippen molar-refractivity contribution in [3.05, 3.63) is 0 Å². The SMILES string of the molecule is C[C@@H](C[C@@H]1CCNC1=O)C(=O)COC(C(F)(F)F)C(F)(F)F. The highest BCUT2D eigenvalue weighted by atomic mass is 19.4. The first-order chi connectivity index (χ1) is 9.93. The van der Waals surface area contributed by atoms with Crippen LogP contribution in [0.2, 0.25) is 0 Å². The molecule has 0 unspecified atom stereocenters. The molecule has 0 aromatic rings. The maximum absolute atomic E-state index is 12.2. The van der Waals surface area contributed by atoms with Gasteiger partial charge in [-0.1, -0.05) is 6.92 Å². The van der Waals surface area contributed by atoms with Gasteiger partial charge in [-0.05, 0) is 12.8 Å². The van der Waals surface area contributed by atoms with Crippen molar-refractivity contribution in [2.24, 2.45) is 11.8 Å². The number of rotatable bonds is 6. The molecule has 1 aliphatic heterocycles. The summed E-state index contributed by atoms with van der Waals surface area (Å²) in [6, 6.07) is 0. The summed E-state index contributed by atoms with van der Waals surface area (Å²) in [4.78, 5) is 22.9. The number of nitrogens with one attached hydrogen (secondary N) is 1. The molecule has 4 nitrogen and oxygen atoms in total. The summed E-state index contributed by atoms with van der Waals surface area (Å²) < 4.78 is 77.2. The molecule has 1 aliphatic rings. The molecule has 1 saturated heterocycles. The zero-order valence-electron chi connectivity index (χ0n) is 11.6. The van der Waals surface area contributed by atoms with E-state index in [4.69, 9.17) is 0 Å². The molecule has 1 fully saturated rings. The average molecular weight is 335 g/mol. The van der Waals surface area contributed by atoms with E-state index in [0.717, 1.165) is 0 Å². The number of amides is 1. The first kappa shape index (κ1) is 18.7. The number of carbonyl (C=O) groups is 2. The van der Waals surface area contributed by atoms with Gasteiger partial charge in [0.1, 0.15) is 6.61 Å². The quantitative estimate of drug-likeness (QED) is 0.758. The van der Waals surface area contributed by atoms with Gasteiger partial charge in [-0.15, -0.1) is 0 Å². The van der Waals surface area contributed by atoms with Crippen LogP contribution in [0.5, 0.6) is 0 Å². The van der Waals surface area contributed by atoms with Crippen molar-refractivity contribution in [1.82, 2.24) is 5.32 Å². The van der Waals surface area contributed by atoms with Crippen molar-refractivity contribution >= 4 is 11.7 Å². The summed E-state index contributed by atoms with van der Waals surface area (Å²) in [5.74, 6) is -2.50. The third kappa shape index (κ3) is 5.15. The van der Waals surface area contributed by atoms with E-state index in [-0.39, 0.29) is 12.3 Å². The van der Waals surface area contributed by atoms with Gasteiger partial charge in [-0.2, -0.15) is 26.3 Å². The number of halogens is 6. The van der Waals surface area contributed by atoms with Crippen LogP contribution < -0.4 is 5.32 Å². The Morgan fingerprint density at radius 3 is 2.23 bits per heavy atom. The van der Waals surface area contributed by atoms with Gasteiger partial charge in [0.2, 0.25) is 12.0 Å². The van der Waals surface area contributed by atoms with Crippen molar-refractivity contribution in [3.8, 4) is 0 Å². The fraction of sp³-hybridized carbons (Fsp3) is 0.833. The Bertz CT molecular complexity index is 406. The molecule has 0 aromatic heterocycles. The molecule has 0 spiro atoms. The predicted molar refractivity (Wildman–Crippen MR) is 61.8 cm³/mol. The minimum atomic E-state index is -5.65. The maximum atomic E-state index is 12.2. The Kier molecular flexibility index (Phi) is 5.82. The van der Waals surface area contributed by atoms with E-state index in [9.17, 15) is 35.9 Å². The summed E-state index contributed by atoms with van der Waals surface area (Å²) >= 11 is 0. The number of carbonyl (C=O) groups excluding carboxylic acids is 2. The molecule has 22 heavy (non-hydrogen) atoms. The van der Waals surface area contributed by atoms with Gasteiger partial charge in [0.25, 0.3) is 0 Å². The Morgan fingerprint density at radius 1 is 1.27 bits per heavy atom. The number of hydrogen-bond acceptors (Lipinski definition) is 3. The Hall–Kier alpha value is -1.32. The van der Waals surface area contributed by atoms with Gasteiger partial charge in [0.05, 0.1) is 0 Å². The summed E-state index contributed by atoms with van der Waals surface area (Å²) in [6.07, 6.45) is -14.7. The highest BCUT2D eigenvalue weighted by Crippen LogP contribution is 2.35. The first-order valence-corrected chi connectivity index (χ1v) is 6.48. The lowest BCUT2D eigenvalue weighted by molar-refractivity contribution is -0.319. The Balaban J connectivity index is 2.54. The van der Waals surface area contributed by atoms with Crippen LogP contribution in [-0.4, -0.2) is 43.3 Å². The highest BCUT2D eigenvalue weighted by molar-refractivity contribution is 5.84. The lowest BCUT2D eigenvalue weighted by Gasteiger charge is -2.23. The third-order valence-corrected chi connectivity index (χ3v) is 3.34. The van der Waals surface area contributed by atoms with E-state index in [2.05, 4.69) is 10.1 Å². The van der Waals surface area contributed by atoms with Crippen LogP contribution in [0.3, 0.4) is 0 Å². The van der Waals surface area contributed by atoms with Crippen LogP contribution in [0.1, 0.15) is 19.8 Å².